The number of likely N-dealkylation sites (tertiary alicyclic amines) is 2. The molecule has 3 heterocycles. The van der Waals surface area contributed by atoms with Crippen molar-refractivity contribution in [1.82, 2.24) is 19.8 Å². The lowest BCUT2D eigenvalue weighted by Crippen LogP contribution is -2.64. The summed E-state index contributed by atoms with van der Waals surface area (Å²) in [6.45, 7) is 3.85. The fourth-order valence-electron chi connectivity index (χ4n) is 6.71. The second kappa shape index (κ2) is 6.93. The van der Waals surface area contributed by atoms with E-state index in [9.17, 15) is 4.79 Å². The lowest BCUT2D eigenvalue weighted by Gasteiger charge is -2.55. The van der Waals surface area contributed by atoms with Crippen molar-refractivity contribution < 1.29 is 4.79 Å². The number of rotatable bonds is 3. The molecule has 1 aromatic rings. The maximum absolute atomic E-state index is 13.1. The van der Waals surface area contributed by atoms with Gasteiger partial charge in [-0.3, -0.25) is 4.79 Å². The van der Waals surface area contributed by atoms with Gasteiger partial charge in [-0.15, -0.1) is 0 Å². The first kappa shape index (κ1) is 19.3. The molecular weight excluding hydrogens is 362 g/mol. The first-order valence-electron chi connectivity index (χ1n) is 11.4. The van der Waals surface area contributed by atoms with E-state index in [0.29, 0.717) is 23.2 Å². The minimum absolute atomic E-state index is 0.161. The first-order chi connectivity index (χ1) is 13.9. The highest BCUT2D eigenvalue weighted by molar-refractivity contribution is 5.81. The lowest BCUT2D eigenvalue weighted by atomic mass is 9.55. The monoisotopic (exact) mass is 397 g/mol. The van der Waals surface area contributed by atoms with Crippen molar-refractivity contribution in [2.45, 2.75) is 50.9 Å². The van der Waals surface area contributed by atoms with Crippen LogP contribution >= 0.6 is 0 Å². The van der Waals surface area contributed by atoms with E-state index < -0.39 is 0 Å². The average Bonchev–Trinajstić information content (AvgIpc) is 3.02. The van der Waals surface area contributed by atoms with Crippen LogP contribution < -0.4 is 4.90 Å². The highest BCUT2D eigenvalue weighted by atomic mass is 16.2. The number of hydrogen-bond donors (Lipinski definition) is 0. The van der Waals surface area contributed by atoms with Crippen molar-refractivity contribution in [1.29, 1.82) is 0 Å². The Morgan fingerprint density at radius 3 is 2.55 bits per heavy atom. The molecule has 2 aliphatic carbocycles. The normalized spacial score (nSPS) is 28.4. The van der Waals surface area contributed by atoms with E-state index in [1.165, 1.54) is 32.1 Å². The third kappa shape index (κ3) is 3.24. The molecular formula is C23H35N5O. The second-order valence-electron chi connectivity index (χ2n) is 10.6. The number of nitrogens with zero attached hydrogens (tertiary/aromatic N) is 5. The minimum Gasteiger partial charge on any atom is -0.347 e. The molecule has 0 bridgehead atoms. The SMILES string of the molecule is CN1CC(c2ccnc(N(C)C)n2)C2(C1)CN(C(=O)C1CC3(CCCCC3)C1)C2. The van der Waals surface area contributed by atoms with Gasteiger partial charge in [-0.25, -0.2) is 9.97 Å². The van der Waals surface area contributed by atoms with Crippen molar-refractivity contribution in [3.05, 3.63) is 18.0 Å². The molecule has 6 heteroatoms. The predicted octanol–water partition coefficient (Wildman–Crippen LogP) is 2.76. The van der Waals surface area contributed by atoms with Gasteiger partial charge in [-0.05, 0) is 44.2 Å². The topological polar surface area (TPSA) is 52.6 Å². The Morgan fingerprint density at radius 2 is 1.86 bits per heavy atom. The fourth-order valence-corrected chi connectivity index (χ4v) is 6.71. The summed E-state index contributed by atoms with van der Waals surface area (Å²) in [4.78, 5) is 28.9. The van der Waals surface area contributed by atoms with Gasteiger partial charge in [0.25, 0.3) is 0 Å². The van der Waals surface area contributed by atoms with Crippen LogP contribution in [-0.2, 0) is 4.79 Å². The molecule has 158 valence electrons. The van der Waals surface area contributed by atoms with E-state index in [2.05, 4.69) is 27.9 Å². The lowest BCUT2D eigenvalue weighted by molar-refractivity contribution is -0.157. The first-order valence-corrected chi connectivity index (χ1v) is 11.4. The third-order valence-corrected chi connectivity index (χ3v) is 8.19. The number of anilines is 1. The standard InChI is InChI=1S/C23H35N5O/c1-26(2)21-24-10-7-19(25-21)18-13-27(3)14-23(18)15-28(16-23)20(29)17-11-22(12-17)8-5-4-6-9-22/h7,10,17-18H,4-6,8-9,11-16H2,1-3H3. The summed E-state index contributed by atoms with van der Waals surface area (Å²) in [5.74, 6) is 1.87. The van der Waals surface area contributed by atoms with Crippen LogP contribution in [-0.4, -0.2) is 73.0 Å². The number of amides is 1. The minimum atomic E-state index is 0.161. The van der Waals surface area contributed by atoms with Crippen LogP contribution in [0.3, 0.4) is 0 Å². The van der Waals surface area contributed by atoms with Crippen LogP contribution in [0.5, 0.6) is 0 Å². The van der Waals surface area contributed by atoms with Gasteiger partial charge in [0.2, 0.25) is 11.9 Å². The van der Waals surface area contributed by atoms with Gasteiger partial charge in [0, 0.05) is 63.7 Å². The average molecular weight is 398 g/mol. The van der Waals surface area contributed by atoms with Crippen LogP contribution in [0.2, 0.25) is 0 Å². The summed E-state index contributed by atoms with van der Waals surface area (Å²) in [5, 5.41) is 0. The van der Waals surface area contributed by atoms with Crippen molar-refractivity contribution in [3.8, 4) is 0 Å². The Kier molecular flexibility index (Phi) is 4.61. The Balaban J connectivity index is 1.25. The van der Waals surface area contributed by atoms with E-state index in [4.69, 9.17) is 4.98 Å². The summed E-state index contributed by atoms with van der Waals surface area (Å²) < 4.78 is 0. The largest absolute Gasteiger partial charge is 0.347 e. The van der Waals surface area contributed by atoms with Crippen molar-refractivity contribution in [3.63, 3.8) is 0 Å². The van der Waals surface area contributed by atoms with Crippen molar-refractivity contribution in [2.75, 3.05) is 52.2 Å². The molecule has 2 aliphatic heterocycles. The Bertz CT molecular complexity index is 773. The summed E-state index contributed by atoms with van der Waals surface area (Å²) in [6, 6.07) is 2.07. The van der Waals surface area contributed by atoms with Gasteiger partial charge in [-0.2, -0.15) is 0 Å². The van der Waals surface area contributed by atoms with Crippen LogP contribution in [0.1, 0.15) is 56.6 Å². The molecule has 1 amide bonds. The van der Waals surface area contributed by atoms with Gasteiger partial charge in [0.05, 0.1) is 5.69 Å². The fraction of sp³-hybridized carbons (Fsp3) is 0.783. The third-order valence-electron chi connectivity index (χ3n) is 8.19. The van der Waals surface area contributed by atoms with E-state index in [-0.39, 0.29) is 5.41 Å². The summed E-state index contributed by atoms with van der Waals surface area (Å²) in [6.07, 6.45) is 11.0. The highest BCUT2D eigenvalue weighted by Crippen LogP contribution is 2.56. The van der Waals surface area contributed by atoms with Gasteiger partial charge >= 0.3 is 0 Å². The van der Waals surface area contributed by atoms with Gasteiger partial charge in [0.1, 0.15) is 0 Å². The van der Waals surface area contributed by atoms with Gasteiger partial charge in [0.15, 0.2) is 0 Å². The Labute approximate surface area is 174 Å². The zero-order chi connectivity index (χ0) is 20.2. The highest BCUT2D eigenvalue weighted by Gasteiger charge is 2.58. The number of carbonyl (C=O) groups excluding carboxylic acids is 1. The molecule has 4 aliphatic rings. The Morgan fingerprint density at radius 1 is 1.14 bits per heavy atom. The van der Waals surface area contributed by atoms with E-state index in [1.807, 2.05) is 25.2 Å². The molecule has 29 heavy (non-hydrogen) atoms. The van der Waals surface area contributed by atoms with Crippen LogP contribution in [0.4, 0.5) is 5.95 Å². The molecule has 1 unspecified atom stereocenters. The molecule has 4 fully saturated rings. The molecule has 0 aromatic carbocycles. The molecule has 0 radical (unpaired) electrons. The Hall–Kier alpha value is -1.69. The molecule has 1 atom stereocenters. The van der Waals surface area contributed by atoms with Crippen LogP contribution in [0.15, 0.2) is 12.3 Å². The van der Waals surface area contributed by atoms with Crippen molar-refractivity contribution in [2.24, 2.45) is 16.7 Å². The van der Waals surface area contributed by atoms with Gasteiger partial charge < -0.3 is 14.7 Å². The number of carbonyl (C=O) groups is 1. The smallest absolute Gasteiger partial charge is 0.225 e. The molecule has 0 N–H and O–H groups in total. The molecule has 2 spiro atoms. The van der Waals surface area contributed by atoms with E-state index >= 15 is 0 Å². The number of hydrogen-bond acceptors (Lipinski definition) is 5. The zero-order valence-electron chi connectivity index (χ0n) is 18.2. The molecule has 5 rings (SSSR count). The summed E-state index contributed by atoms with van der Waals surface area (Å²) in [7, 11) is 6.16. The summed E-state index contributed by atoms with van der Waals surface area (Å²) >= 11 is 0. The maximum atomic E-state index is 13.1. The molecule has 1 aromatic heterocycles. The van der Waals surface area contributed by atoms with E-state index in [1.54, 1.807) is 0 Å². The zero-order valence-corrected chi connectivity index (χ0v) is 18.2. The summed E-state index contributed by atoms with van der Waals surface area (Å²) in [5.41, 5.74) is 1.82. The van der Waals surface area contributed by atoms with Crippen molar-refractivity contribution >= 4 is 11.9 Å². The quantitative estimate of drug-likeness (QED) is 0.785. The molecule has 2 saturated heterocycles. The number of likely N-dealkylation sites (N-methyl/N-ethyl adjacent to an activating group) is 1. The second-order valence-corrected chi connectivity index (χ2v) is 10.6. The van der Waals surface area contributed by atoms with Crippen LogP contribution in [0, 0.1) is 16.7 Å². The maximum Gasteiger partial charge on any atom is 0.225 e. The number of aromatic nitrogens is 2. The van der Waals surface area contributed by atoms with E-state index in [0.717, 1.165) is 50.7 Å². The molecule has 2 saturated carbocycles. The van der Waals surface area contributed by atoms with Crippen LogP contribution in [0.25, 0.3) is 0 Å². The van der Waals surface area contributed by atoms with Gasteiger partial charge in [-0.1, -0.05) is 19.3 Å². The molecule has 6 nitrogen and oxygen atoms in total. The predicted molar refractivity (Wildman–Crippen MR) is 114 cm³/mol.